The Hall–Kier alpha value is -0.920. The monoisotopic (exact) mass is 330 g/mol. The standard InChI is InChI=1S/C14H22N2O3S2/c1-11-12(2)20-9-7-16(11)21(17,18)10-8-19-14-6-4-3-5-13(14)15/h3-6,11-12H,7-10,15H2,1-2H3. The number of sulfonamides is 1. The minimum atomic E-state index is -3.29. The summed E-state index contributed by atoms with van der Waals surface area (Å²) in [5, 5.41) is 0.319. The molecule has 2 unspecified atom stereocenters. The van der Waals surface area contributed by atoms with Gasteiger partial charge in [0.15, 0.2) is 0 Å². The summed E-state index contributed by atoms with van der Waals surface area (Å²) in [5.74, 6) is 1.35. The van der Waals surface area contributed by atoms with Gasteiger partial charge in [-0.15, -0.1) is 0 Å². The maximum atomic E-state index is 12.4. The van der Waals surface area contributed by atoms with Gasteiger partial charge in [0.25, 0.3) is 0 Å². The van der Waals surface area contributed by atoms with E-state index < -0.39 is 10.0 Å². The third-order valence-electron chi connectivity index (χ3n) is 3.70. The van der Waals surface area contributed by atoms with Crippen molar-refractivity contribution >= 4 is 27.5 Å². The van der Waals surface area contributed by atoms with Crippen molar-refractivity contribution in [3.63, 3.8) is 0 Å². The molecule has 2 atom stereocenters. The van der Waals surface area contributed by atoms with Gasteiger partial charge < -0.3 is 10.5 Å². The number of nitrogens with two attached hydrogens (primary N) is 1. The van der Waals surface area contributed by atoms with Gasteiger partial charge in [0, 0.05) is 23.6 Å². The lowest BCUT2D eigenvalue weighted by Crippen LogP contribution is -2.49. The van der Waals surface area contributed by atoms with Gasteiger partial charge in [0.1, 0.15) is 12.4 Å². The van der Waals surface area contributed by atoms with Gasteiger partial charge in [0.2, 0.25) is 10.0 Å². The minimum Gasteiger partial charge on any atom is -0.490 e. The molecule has 0 amide bonds. The highest BCUT2D eigenvalue weighted by Crippen LogP contribution is 2.26. The fraction of sp³-hybridized carbons (Fsp3) is 0.571. The molecular formula is C14H22N2O3S2. The summed E-state index contributed by atoms with van der Waals surface area (Å²) in [7, 11) is -3.29. The van der Waals surface area contributed by atoms with Gasteiger partial charge >= 0.3 is 0 Å². The van der Waals surface area contributed by atoms with Crippen LogP contribution in [0.25, 0.3) is 0 Å². The molecule has 1 aromatic rings. The molecular weight excluding hydrogens is 308 g/mol. The molecule has 2 rings (SSSR count). The predicted molar refractivity (Wildman–Crippen MR) is 88.2 cm³/mol. The molecule has 1 aromatic carbocycles. The second-order valence-electron chi connectivity index (χ2n) is 5.13. The summed E-state index contributed by atoms with van der Waals surface area (Å²) in [6, 6.07) is 7.12. The molecule has 7 heteroatoms. The van der Waals surface area contributed by atoms with Crippen LogP contribution in [0.1, 0.15) is 13.8 Å². The van der Waals surface area contributed by atoms with Gasteiger partial charge in [-0.1, -0.05) is 19.1 Å². The lowest BCUT2D eigenvalue weighted by Gasteiger charge is -2.36. The Morgan fingerprint density at radius 1 is 1.38 bits per heavy atom. The molecule has 0 radical (unpaired) electrons. The van der Waals surface area contributed by atoms with E-state index in [-0.39, 0.29) is 18.4 Å². The Morgan fingerprint density at radius 2 is 2.10 bits per heavy atom. The van der Waals surface area contributed by atoms with Crippen LogP contribution < -0.4 is 10.5 Å². The summed E-state index contributed by atoms with van der Waals surface area (Å²) in [5.41, 5.74) is 6.29. The molecule has 21 heavy (non-hydrogen) atoms. The van der Waals surface area contributed by atoms with Crippen molar-refractivity contribution < 1.29 is 13.2 Å². The zero-order chi connectivity index (χ0) is 15.5. The molecule has 0 bridgehead atoms. The number of hydrogen-bond acceptors (Lipinski definition) is 5. The first kappa shape index (κ1) is 16.5. The van der Waals surface area contributed by atoms with Crippen LogP contribution in [-0.4, -0.2) is 48.7 Å². The SMILES string of the molecule is CC1SCCN(S(=O)(=O)CCOc2ccccc2N)C1C. The maximum absolute atomic E-state index is 12.4. The van der Waals surface area contributed by atoms with Gasteiger partial charge in [-0.2, -0.15) is 16.1 Å². The first-order valence-corrected chi connectivity index (χ1v) is 9.66. The Morgan fingerprint density at radius 3 is 2.81 bits per heavy atom. The van der Waals surface area contributed by atoms with Crippen LogP contribution >= 0.6 is 11.8 Å². The number of nitrogens with zero attached hydrogens (tertiary/aromatic N) is 1. The molecule has 118 valence electrons. The lowest BCUT2D eigenvalue weighted by molar-refractivity contribution is 0.318. The molecule has 0 saturated carbocycles. The van der Waals surface area contributed by atoms with Gasteiger partial charge in [-0.3, -0.25) is 0 Å². The molecule has 1 heterocycles. The molecule has 5 nitrogen and oxygen atoms in total. The first-order valence-electron chi connectivity index (χ1n) is 7.00. The van der Waals surface area contributed by atoms with Crippen LogP contribution in [-0.2, 0) is 10.0 Å². The number of rotatable bonds is 5. The average Bonchev–Trinajstić information content (AvgIpc) is 2.43. The quantitative estimate of drug-likeness (QED) is 0.834. The molecule has 0 spiro atoms. The van der Waals surface area contributed by atoms with Crippen molar-refractivity contribution in [3.8, 4) is 5.75 Å². The molecule has 1 aliphatic rings. The molecule has 1 saturated heterocycles. The van der Waals surface area contributed by atoms with E-state index in [2.05, 4.69) is 6.92 Å². The number of thioether (sulfide) groups is 1. The van der Waals surface area contributed by atoms with E-state index in [0.29, 0.717) is 23.2 Å². The summed E-state index contributed by atoms with van der Waals surface area (Å²) < 4.78 is 31.9. The second kappa shape index (κ2) is 6.89. The second-order valence-corrected chi connectivity index (χ2v) is 8.66. The highest BCUT2D eigenvalue weighted by Gasteiger charge is 2.33. The topological polar surface area (TPSA) is 72.6 Å². The molecule has 0 aliphatic carbocycles. The van der Waals surface area contributed by atoms with Crippen molar-refractivity contribution in [1.29, 1.82) is 0 Å². The molecule has 1 aliphatic heterocycles. The molecule has 0 aromatic heterocycles. The maximum Gasteiger partial charge on any atom is 0.217 e. The van der Waals surface area contributed by atoms with Crippen LogP contribution in [0.2, 0.25) is 0 Å². The van der Waals surface area contributed by atoms with Crippen LogP contribution in [0.5, 0.6) is 5.75 Å². The average molecular weight is 330 g/mol. The summed E-state index contributed by atoms with van der Waals surface area (Å²) in [6.45, 7) is 4.72. The number of nitrogen functional groups attached to an aromatic ring is 1. The van der Waals surface area contributed by atoms with Gasteiger partial charge in [0.05, 0.1) is 11.4 Å². The number of hydrogen-bond donors (Lipinski definition) is 1. The minimum absolute atomic E-state index is 0.0237. The van der Waals surface area contributed by atoms with Crippen molar-refractivity contribution in [2.24, 2.45) is 0 Å². The van der Waals surface area contributed by atoms with Gasteiger partial charge in [-0.25, -0.2) is 8.42 Å². The third-order valence-corrected chi connectivity index (χ3v) is 6.95. The van der Waals surface area contributed by atoms with Crippen molar-refractivity contribution in [3.05, 3.63) is 24.3 Å². The Labute approximate surface area is 130 Å². The first-order chi connectivity index (χ1) is 9.92. The van der Waals surface area contributed by atoms with Crippen LogP contribution in [0, 0.1) is 0 Å². The van der Waals surface area contributed by atoms with Crippen molar-refractivity contribution in [1.82, 2.24) is 4.31 Å². The highest BCUT2D eigenvalue weighted by atomic mass is 32.2. The highest BCUT2D eigenvalue weighted by molar-refractivity contribution is 8.00. The van der Waals surface area contributed by atoms with Crippen molar-refractivity contribution in [2.75, 3.05) is 30.4 Å². The fourth-order valence-electron chi connectivity index (χ4n) is 2.28. The van der Waals surface area contributed by atoms with E-state index in [0.717, 1.165) is 5.75 Å². The number of anilines is 1. The zero-order valence-electron chi connectivity index (χ0n) is 12.4. The van der Waals surface area contributed by atoms with Crippen LogP contribution in [0.3, 0.4) is 0 Å². The summed E-state index contributed by atoms with van der Waals surface area (Å²) in [6.07, 6.45) is 0. The fourth-order valence-corrected chi connectivity index (χ4v) is 5.16. The normalized spacial score (nSPS) is 23.9. The summed E-state index contributed by atoms with van der Waals surface area (Å²) in [4.78, 5) is 0. The Balaban J connectivity index is 1.94. The predicted octanol–water partition coefficient (Wildman–Crippen LogP) is 1.80. The van der Waals surface area contributed by atoms with E-state index in [9.17, 15) is 8.42 Å². The largest absolute Gasteiger partial charge is 0.490 e. The van der Waals surface area contributed by atoms with E-state index >= 15 is 0 Å². The van der Waals surface area contributed by atoms with Crippen LogP contribution in [0.15, 0.2) is 24.3 Å². The van der Waals surface area contributed by atoms with Gasteiger partial charge in [-0.05, 0) is 19.1 Å². The third kappa shape index (κ3) is 4.05. The molecule has 1 fully saturated rings. The lowest BCUT2D eigenvalue weighted by atomic mass is 10.2. The molecule has 2 N–H and O–H groups in total. The number of benzene rings is 1. The summed E-state index contributed by atoms with van der Waals surface area (Å²) >= 11 is 1.81. The number of ether oxygens (including phenoxy) is 1. The van der Waals surface area contributed by atoms with E-state index in [4.69, 9.17) is 10.5 Å². The Kier molecular flexibility index (Phi) is 5.40. The Bertz CT molecular complexity index is 577. The van der Waals surface area contributed by atoms with Crippen molar-refractivity contribution in [2.45, 2.75) is 25.1 Å². The van der Waals surface area contributed by atoms with E-state index in [1.807, 2.05) is 30.8 Å². The smallest absolute Gasteiger partial charge is 0.217 e. The number of para-hydroxylation sites is 2. The van der Waals surface area contributed by atoms with E-state index in [1.54, 1.807) is 16.4 Å². The zero-order valence-corrected chi connectivity index (χ0v) is 14.0. The van der Waals surface area contributed by atoms with E-state index in [1.165, 1.54) is 0 Å². The van der Waals surface area contributed by atoms with Crippen LogP contribution in [0.4, 0.5) is 5.69 Å².